The highest BCUT2D eigenvalue weighted by Gasteiger charge is 2.50. The summed E-state index contributed by atoms with van der Waals surface area (Å²) in [6.07, 6.45) is 1.57. The molecule has 1 N–H and O–H groups in total. The van der Waals surface area contributed by atoms with Gasteiger partial charge in [0, 0.05) is 48.0 Å². The number of nitrogens with one attached hydrogen (secondary N) is 1. The zero-order valence-electron chi connectivity index (χ0n) is 23.7. The van der Waals surface area contributed by atoms with Crippen molar-refractivity contribution in [2.75, 3.05) is 26.2 Å². The molecule has 2 aromatic carbocycles. The van der Waals surface area contributed by atoms with Gasteiger partial charge in [-0.25, -0.2) is 13.2 Å². The topological polar surface area (TPSA) is 116 Å². The van der Waals surface area contributed by atoms with Crippen molar-refractivity contribution in [3.63, 3.8) is 0 Å². The number of likely N-dealkylation sites (tertiary alicyclic amines) is 2. The molecule has 10 nitrogen and oxygen atoms in total. The number of hydrogen-bond donors (Lipinski definition) is 1. The number of aromatic nitrogens is 1. The maximum Gasteiger partial charge on any atom is 0.280 e. The summed E-state index contributed by atoms with van der Waals surface area (Å²) in [5, 5.41) is 7.12. The van der Waals surface area contributed by atoms with Gasteiger partial charge < -0.3 is 14.3 Å². The molecule has 4 aliphatic rings. The smallest absolute Gasteiger partial charge is 0.280 e. The summed E-state index contributed by atoms with van der Waals surface area (Å²) in [6, 6.07) is 7.03. The Morgan fingerprint density at radius 3 is 2.57 bits per heavy atom. The number of hydrogen-bond acceptors (Lipinski definition) is 7. The van der Waals surface area contributed by atoms with Crippen LogP contribution in [0.3, 0.4) is 0 Å². The van der Waals surface area contributed by atoms with Gasteiger partial charge in [-0.1, -0.05) is 11.2 Å². The van der Waals surface area contributed by atoms with Crippen molar-refractivity contribution >= 4 is 34.6 Å². The number of carbonyl (C=O) groups excluding carboxylic acids is 4. The third-order valence-electron chi connectivity index (χ3n) is 9.48. The van der Waals surface area contributed by atoms with E-state index in [0.29, 0.717) is 37.1 Å². The molecule has 5 heterocycles. The number of fused-ring (bicyclic) bond motifs is 2. The van der Waals surface area contributed by atoms with E-state index >= 15 is 8.78 Å². The van der Waals surface area contributed by atoms with Crippen LogP contribution in [0.2, 0.25) is 0 Å². The molecule has 7 rings (SSSR count). The predicted octanol–water partition coefficient (Wildman–Crippen LogP) is 3.46. The molecule has 0 bridgehead atoms. The second kappa shape index (κ2) is 10.7. The SMILES string of the molecule is O=C1CCC(N2Cc3c(C(=O)N4CCC(N5CCC(c6noc7cc(F)ccc67)CC5)C(F)(F)C4)cccc3C2=O)C(=O)N1. The molecule has 4 amide bonds. The number of nitrogens with zero attached hydrogens (tertiary/aromatic N) is 4. The quantitative estimate of drug-likeness (QED) is 0.451. The van der Waals surface area contributed by atoms with Gasteiger partial charge in [-0.2, -0.15) is 0 Å². The van der Waals surface area contributed by atoms with E-state index in [1.165, 1.54) is 23.1 Å². The molecule has 0 saturated carbocycles. The Labute approximate surface area is 250 Å². The van der Waals surface area contributed by atoms with Crippen LogP contribution in [0.5, 0.6) is 0 Å². The van der Waals surface area contributed by atoms with Crippen LogP contribution in [0.1, 0.15) is 70.0 Å². The number of rotatable bonds is 4. The monoisotopic (exact) mass is 609 g/mol. The van der Waals surface area contributed by atoms with Crippen LogP contribution in [0.4, 0.5) is 13.2 Å². The van der Waals surface area contributed by atoms with E-state index in [1.54, 1.807) is 23.1 Å². The number of imide groups is 1. The molecule has 0 aliphatic carbocycles. The summed E-state index contributed by atoms with van der Waals surface area (Å²) in [5.41, 5.74) is 1.92. The summed E-state index contributed by atoms with van der Waals surface area (Å²) in [6.45, 7) is 0.231. The molecular formula is C31H30F3N5O5. The summed E-state index contributed by atoms with van der Waals surface area (Å²) in [4.78, 5) is 55.1. The Morgan fingerprint density at radius 1 is 1.02 bits per heavy atom. The van der Waals surface area contributed by atoms with Crippen LogP contribution in [-0.4, -0.2) is 87.7 Å². The van der Waals surface area contributed by atoms with Gasteiger partial charge in [0.1, 0.15) is 11.9 Å². The molecule has 0 spiro atoms. The Kier molecular flexibility index (Phi) is 6.95. The van der Waals surface area contributed by atoms with E-state index < -0.39 is 54.0 Å². The number of halogens is 3. The molecule has 3 saturated heterocycles. The molecule has 3 fully saturated rings. The fraction of sp³-hybridized carbons (Fsp3) is 0.452. The Morgan fingerprint density at radius 2 is 1.82 bits per heavy atom. The first-order valence-electron chi connectivity index (χ1n) is 14.8. The summed E-state index contributed by atoms with van der Waals surface area (Å²) in [7, 11) is 0. The van der Waals surface area contributed by atoms with Gasteiger partial charge in [-0.05, 0) is 68.6 Å². The number of carbonyl (C=O) groups is 4. The first-order valence-corrected chi connectivity index (χ1v) is 14.8. The molecule has 4 aliphatic heterocycles. The number of piperidine rings is 3. The Bertz CT molecular complexity index is 1680. The van der Waals surface area contributed by atoms with Gasteiger partial charge in [-0.15, -0.1) is 0 Å². The third-order valence-corrected chi connectivity index (χ3v) is 9.48. The van der Waals surface area contributed by atoms with Gasteiger partial charge in [0.15, 0.2) is 5.58 Å². The van der Waals surface area contributed by atoms with Crippen molar-refractivity contribution in [3.8, 4) is 0 Å². The van der Waals surface area contributed by atoms with Crippen molar-refractivity contribution in [1.29, 1.82) is 0 Å². The van der Waals surface area contributed by atoms with E-state index in [1.807, 2.05) is 0 Å². The second-order valence-corrected chi connectivity index (χ2v) is 12.0. The van der Waals surface area contributed by atoms with Gasteiger partial charge in [-0.3, -0.25) is 29.4 Å². The van der Waals surface area contributed by atoms with Crippen molar-refractivity contribution in [2.45, 2.75) is 62.6 Å². The van der Waals surface area contributed by atoms with Crippen molar-refractivity contribution < 1.29 is 36.9 Å². The largest absolute Gasteiger partial charge is 0.356 e. The molecular weight excluding hydrogens is 579 g/mol. The summed E-state index contributed by atoms with van der Waals surface area (Å²) in [5.74, 6) is -5.54. The lowest BCUT2D eigenvalue weighted by Gasteiger charge is -2.45. The lowest BCUT2D eigenvalue weighted by Crippen LogP contribution is -2.60. The van der Waals surface area contributed by atoms with Crippen LogP contribution in [0.15, 0.2) is 40.9 Å². The molecule has 230 valence electrons. The average Bonchev–Trinajstić information content (AvgIpc) is 3.57. The first kappa shape index (κ1) is 28.5. The molecule has 3 aromatic rings. The van der Waals surface area contributed by atoms with Crippen LogP contribution in [0.25, 0.3) is 11.0 Å². The third kappa shape index (κ3) is 4.83. The fourth-order valence-electron chi connectivity index (χ4n) is 7.22. The van der Waals surface area contributed by atoms with Crippen LogP contribution in [0, 0.1) is 5.82 Å². The fourth-order valence-corrected chi connectivity index (χ4v) is 7.22. The molecule has 44 heavy (non-hydrogen) atoms. The minimum atomic E-state index is -3.16. The van der Waals surface area contributed by atoms with Gasteiger partial charge in [0.2, 0.25) is 11.8 Å². The normalized spacial score (nSPS) is 24.6. The molecule has 2 unspecified atom stereocenters. The van der Waals surface area contributed by atoms with Crippen LogP contribution < -0.4 is 5.32 Å². The van der Waals surface area contributed by atoms with Crippen molar-refractivity contribution in [2.24, 2.45) is 0 Å². The highest BCUT2D eigenvalue weighted by Crippen LogP contribution is 2.38. The van der Waals surface area contributed by atoms with Gasteiger partial charge in [0.25, 0.3) is 17.7 Å². The Hall–Kier alpha value is -4.26. The maximum absolute atomic E-state index is 15.7. The number of benzene rings is 2. The molecule has 13 heteroatoms. The summed E-state index contributed by atoms with van der Waals surface area (Å²) < 4.78 is 50.2. The van der Waals surface area contributed by atoms with Crippen LogP contribution >= 0.6 is 0 Å². The number of alkyl halides is 2. The summed E-state index contributed by atoms with van der Waals surface area (Å²) >= 11 is 0. The minimum Gasteiger partial charge on any atom is -0.356 e. The van der Waals surface area contributed by atoms with Gasteiger partial charge in [0.05, 0.1) is 18.3 Å². The lowest BCUT2D eigenvalue weighted by molar-refractivity contribution is -0.136. The molecule has 2 atom stereocenters. The highest BCUT2D eigenvalue weighted by molar-refractivity contribution is 6.07. The zero-order chi connectivity index (χ0) is 30.7. The van der Waals surface area contributed by atoms with Gasteiger partial charge >= 0.3 is 0 Å². The maximum atomic E-state index is 15.7. The second-order valence-electron chi connectivity index (χ2n) is 12.0. The van der Waals surface area contributed by atoms with E-state index in [2.05, 4.69) is 10.5 Å². The van der Waals surface area contributed by atoms with Crippen molar-refractivity contribution in [1.82, 2.24) is 25.2 Å². The van der Waals surface area contributed by atoms with E-state index in [-0.39, 0.29) is 49.4 Å². The number of amides is 4. The standard InChI is InChI=1S/C31H30F3N5O5/c32-18-4-5-21-24(14-18)44-36-27(21)17-8-11-37(12-9-17)25-10-13-38(16-31(25,33)34)29(42)19-2-1-3-20-22(19)15-39(30(20)43)23-6-7-26(40)35-28(23)41/h1-5,14,17,23,25H,6-13,15-16H2,(H,35,40,41). The lowest BCUT2D eigenvalue weighted by atomic mass is 9.89. The average molecular weight is 610 g/mol. The first-order chi connectivity index (χ1) is 21.1. The molecule has 0 radical (unpaired) electrons. The van der Waals surface area contributed by atoms with E-state index in [4.69, 9.17) is 4.52 Å². The zero-order valence-corrected chi connectivity index (χ0v) is 23.7. The Balaban J connectivity index is 1.01. The van der Waals surface area contributed by atoms with E-state index in [0.717, 1.165) is 16.0 Å². The highest BCUT2D eigenvalue weighted by atomic mass is 19.3. The predicted molar refractivity (Wildman–Crippen MR) is 149 cm³/mol. The van der Waals surface area contributed by atoms with E-state index in [9.17, 15) is 23.6 Å². The molecule has 1 aromatic heterocycles. The minimum absolute atomic E-state index is 0.0101. The van der Waals surface area contributed by atoms with Crippen LogP contribution in [-0.2, 0) is 16.1 Å². The van der Waals surface area contributed by atoms with Crippen molar-refractivity contribution in [3.05, 3.63) is 64.6 Å².